The summed E-state index contributed by atoms with van der Waals surface area (Å²) in [7, 11) is 0. The highest BCUT2D eigenvalue weighted by Gasteiger charge is 2.19. The van der Waals surface area contributed by atoms with Gasteiger partial charge in [-0.2, -0.15) is 0 Å². The van der Waals surface area contributed by atoms with Crippen LogP contribution in [-0.2, 0) is 4.79 Å². The number of nitrogens with one attached hydrogen (secondary N) is 2. The lowest BCUT2D eigenvalue weighted by atomic mass is 9.93. The first-order valence-electron chi connectivity index (χ1n) is 8.39. The lowest BCUT2D eigenvalue weighted by Gasteiger charge is -2.17. The molecule has 0 saturated heterocycles. The molecule has 4 nitrogen and oxygen atoms in total. The molecular formula is C20H24N2O2. The summed E-state index contributed by atoms with van der Waals surface area (Å²) in [6.07, 6.45) is 1.71. The van der Waals surface area contributed by atoms with Crippen LogP contribution in [-0.4, -0.2) is 18.4 Å². The summed E-state index contributed by atoms with van der Waals surface area (Å²) in [5.74, 6) is -0.373. The molecule has 0 aliphatic heterocycles. The molecule has 0 aliphatic carbocycles. The maximum absolute atomic E-state index is 12.7. The van der Waals surface area contributed by atoms with Crippen LogP contribution in [0.25, 0.3) is 0 Å². The zero-order chi connectivity index (χ0) is 17.4. The van der Waals surface area contributed by atoms with Gasteiger partial charge in [0.05, 0.1) is 5.92 Å². The molecule has 2 aromatic carbocycles. The van der Waals surface area contributed by atoms with Crippen LogP contribution in [0.5, 0.6) is 0 Å². The Labute approximate surface area is 143 Å². The van der Waals surface area contributed by atoms with Crippen LogP contribution in [0.3, 0.4) is 0 Å². The SMILES string of the molecule is CCCC(C(=O)Nc1cccc(C(=O)NCC)c1)c1ccccc1. The van der Waals surface area contributed by atoms with E-state index in [1.165, 1.54) is 0 Å². The Morgan fingerprint density at radius 3 is 2.42 bits per heavy atom. The number of anilines is 1. The summed E-state index contributed by atoms with van der Waals surface area (Å²) in [5, 5.41) is 5.70. The highest BCUT2D eigenvalue weighted by atomic mass is 16.2. The van der Waals surface area contributed by atoms with Crippen LogP contribution < -0.4 is 10.6 Å². The van der Waals surface area contributed by atoms with Gasteiger partial charge in [-0.05, 0) is 37.1 Å². The second kappa shape index (κ2) is 8.87. The first-order valence-corrected chi connectivity index (χ1v) is 8.39. The molecule has 0 aliphatic rings. The summed E-state index contributed by atoms with van der Waals surface area (Å²) >= 11 is 0. The van der Waals surface area contributed by atoms with Gasteiger partial charge in [0.15, 0.2) is 0 Å². The molecule has 0 fully saturated rings. The summed E-state index contributed by atoms with van der Waals surface area (Å²) < 4.78 is 0. The second-order valence-electron chi connectivity index (χ2n) is 5.68. The van der Waals surface area contributed by atoms with Gasteiger partial charge in [-0.15, -0.1) is 0 Å². The molecule has 2 N–H and O–H groups in total. The van der Waals surface area contributed by atoms with Crippen LogP contribution in [0.4, 0.5) is 5.69 Å². The summed E-state index contributed by atoms with van der Waals surface area (Å²) in [5.41, 5.74) is 2.19. The Kier molecular flexibility index (Phi) is 6.55. The van der Waals surface area contributed by atoms with Crippen molar-refractivity contribution in [2.45, 2.75) is 32.6 Å². The Morgan fingerprint density at radius 2 is 1.75 bits per heavy atom. The van der Waals surface area contributed by atoms with Gasteiger partial charge in [0, 0.05) is 17.8 Å². The number of carbonyl (C=O) groups excluding carboxylic acids is 2. The van der Waals surface area contributed by atoms with Crippen LogP contribution in [0.1, 0.15) is 48.5 Å². The number of benzene rings is 2. The van der Waals surface area contributed by atoms with E-state index in [9.17, 15) is 9.59 Å². The largest absolute Gasteiger partial charge is 0.352 e. The predicted octanol–water partition coefficient (Wildman–Crippen LogP) is 3.96. The molecule has 2 aromatic rings. The number of hydrogen-bond donors (Lipinski definition) is 2. The average Bonchev–Trinajstić information content (AvgIpc) is 2.60. The van der Waals surface area contributed by atoms with Crippen molar-refractivity contribution in [3.63, 3.8) is 0 Å². The molecule has 0 bridgehead atoms. The van der Waals surface area contributed by atoms with Gasteiger partial charge in [0.1, 0.15) is 0 Å². The third-order valence-corrected chi connectivity index (χ3v) is 3.83. The van der Waals surface area contributed by atoms with E-state index in [2.05, 4.69) is 17.6 Å². The van der Waals surface area contributed by atoms with E-state index in [-0.39, 0.29) is 17.7 Å². The van der Waals surface area contributed by atoms with Gasteiger partial charge >= 0.3 is 0 Å². The highest BCUT2D eigenvalue weighted by molar-refractivity contribution is 5.99. The van der Waals surface area contributed by atoms with Gasteiger partial charge in [-0.25, -0.2) is 0 Å². The van der Waals surface area contributed by atoms with E-state index in [1.54, 1.807) is 24.3 Å². The monoisotopic (exact) mass is 324 g/mol. The van der Waals surface area contributed by atoms with Crippen molar-refractivity contribution in [2.24, 2.45) is 0 Å². The smallest absolute Gasteiger partial charge is 0.251 e. The molecule has 0 aromatic heterocycles. The second-order valence-corrected chi connectivity index (χ2v) is 5.68. The minimum absolute atomic E-state index is 0.0453. The Hall–Kier alpha value is -2.62. The topological polar surface area (TPSA) is 58.2 Å². The molecule has 126 valence electrons. The fourth-order valence-corrected chi connectivity index (χ4v) is 2.65. The number of carbonyl (C=O) groups is 2. The van der Waals surface area contributed by atoms with Crippen molar-refractivity contribution in [3.05, 3.63) is 65.7 Å². The molecule has 1 unspecified atom stereocenters. The average molecular weight is 324 g/mol. The standard InChI is InChI=1S/C20H24N2O2/c1-3-9-18(15-10-6-5-7-11-15)20(24)22-17-13-8-12-16(14-17)19(23)21-4-2/h5-8,10-14,18H,3-4,9H2,1-2H3,(H,21,23)(H,22,24). The molecule has 0 saturated carbocycles. The molecule has 1 atom stereocenters. The van der Waals surface area contributed by atoms with Gasteiger partial charge in [-0.3, -0.25) is 9.59 Å². The lowest BCUT2D eigenvalue weighted by Crippen LogP contribution is -2.23. The van der Waals surface area contributed by atoms with E-state index >= 15 is 0 Å². The van der Waals surface area contributed by atoms with E-state index in [0.717, 1.165) is 18.4 Å². The molecule has 2 rings (SSSR count). The van der Waals surface area contributed by atoms with Crippen molar-refractivity contribution >= 4 is 17.5 Å². The van der Waals surface area contributed by atoms with Crippen molar-refractivity contribution in [3.8, 4) is 0 Å². The summed E-state index contributed by atoms with van der Waals surface area (Å²) in [4.78, 5) is 24.6. The third-order valence-electron chi connectivity index (χ3n) is 3.83. The first kappa shape index (κ1) is 17.7. The van der Waals surface area contributed by atoms with Crippen LogP contribution in [0.2, 0.25) is 0 Å². The van der Waals surface area contributed by atoms with Gasteiger partial charge in [-0.1, -0.05) is 49.7 Å². The predicted molar refractivity (Wildman–Crippen MR) is 97.2 cm³/mol. The number of amides is 2. The number of hydrogen-bond acceptors (Lipinski definition) is 2. The van der Waals surface area contributed by atoms with Crippen LogP contribution in [0, 0.1) is 0 Å². The first-order chi connectivity index (χ1) is 11.7. The molecule has 4 heteroatoms. The van der Waals surface area contributed by atoms with E-state index in [4.69, 9.17) is 0 Å². The Bertz CT molecular complexity index is 683. The molecule has 0 radical (unpaired) electrons. The fourth-order valence-electron chi connectivity index (χ4n) is 2.65. The van der Waals surface area contributed by atoms with Gasteiger partial charge in [0.25, 0.3) is 5.91 Å². The molecule has 24 heavy (non-hydrogen) atoms. The normalized spacial score (nSPS) is 11.6. The highest BCUT2D eigenvalue weighted by Crippen LogP contribution is 2.23. The third kappa shape index (κ3) is 4.69. The summed E-state index contributed by atoms with van der Waals surface area (Å²) in [6, 6.07) is 16.8. The summed E-state index contributed by atoms with van der Waals surface area (Å²) in [6.45, 7) is 4.51. The van der Waals surface area contributed by atoms with E-state index in [0.29, 0.717) is 17.8 Å². The Morgan fingerprint density at radius 1 is 1.00 bits per heavy atom. The van der Waals surface area contributed by atoms with Crippen molar-refractivity contribution in [1.82, 2.24) is 5.32 Å². The Balaban J connectivity index is 2.15. The van der Waals surface area contributed by atoms with Gasteiger partial charge in [0.2, 0.25) is 5.91 Å². The van der Waals surface area contributed by atoms with Crippen LogP contribution >= 0.6 is 0 Å². The fraction of sp³-hybridized carbons (Fsp3) is 0.300. The molecule has 0 heterocycles. The zero-order valence-electron chi connectivity index (χ0n) is 14.2. The van der Waals surface area contributed by atoms with Crippen LogP contribution in [0.15, 0.2) is 54.6 Å². The maximum Gasteiger partial charge on any atom is 0.251 e. The minimum Gasteiger partial charge on any atom is -0.352 e. The molecular weight excluding hydrogens is 300 g/mol. The minimum atomic E-state index is -0.190. The zero-order valence-corrected chi connectivity index (χ0v) is 14.2. The quantitative estimate of drug-likeness (QED) is 0.810. The van der Waals surface area contributed by atoms with E-state index < -0.39 is 0 Å². The van der Waals surface area contributed by atoms with Gasteiger partial charge < -0.3 is 10.6 Å². The van der Waals surface area contributed by atoms with E-state index in [1.807, 2.05) is 37.3 Å². The van der Waals surface area contributed by atoms with Crippen molar-refractivity contribution in [1.29, 1.82) is 0 Å². The lowest BCUT2D eigenvalue weighted by molar-refractivity contribution is -0.117. The molecule has 2 amide bonds. The molecule has 0 spiro atoms. The van der Waals surface area contributed by atoms with Crippen molar-refractivity contribution in [2.75, 3.05) is 11.9 Å². The van der Waals surface area contributed by atoms with Crippen molar-refractivity contribution < 1.29 is 9.59 Å². The maximum atomic E-state index is 12.7. The number of rotatable bonds is 7.